The number of hydrogen-bond donors (Lipinski definition) is 2. The standard InChI is InChI=1S/C22H16O2/c23-21-18-8-4-3-7-16(18)17-12-11-14-10-9-13-5-1-2-6-15(13)19(14)20(17)22(21)24/h1-12,21-24H/t21-,22-/m0/s1. The van der Waals surface area contributed by atoms with Gasteiger partial charge in [-0.25, -0.2) is 0 Å². The van der Waals surface area contributed by atoms with Crippen LogP contribution < -0.4 is 0 Å². The van der Waals surface area contributed by atoms with Crippen LogP contribution in [0.15, 0.2) is 72.8 Å². The predicted molar refractivity (Wildman–Crippen MR) is 96.8 cm³/mol. The van der Waals surface area contributed by atoms with Crippen molar-refractivity contribution in [3.63, 3.8) is 0 Å². The van der Waals surface area contributed by atoms with Crippen LogP contribution in [0.4, 0.5) is 0 Å². The Hall–Kier alpha value is -2.68. The zero-order valence-corrected chi connectivity index (χ0v) is 13.0. The molecule has 5 rings (SSSR count). The molecule has 4 aromatic carbocycles. The number of aliphatic hydroxyl groups is 2. The topological polar surface area (TPSA) is 40.5 Å². The molecule has 0 saturated carbocycles. The number of aliphatic hydroxyl groups excluding tert-OH is 2. The van der Waals surface area contributed by atoms with Crippen LogP contribution in [0.5, 0.6) is 0 Å². The SMILES string of the molecule is O[C@H]1c2ccccc2-c2ccc3ccc4ccccc4c3c2[C@@H]1O. The van der Waals surface area contributed by atoms with Gasteiger partial charge in [0.2, 0.25) is 0 Å². The van der Waals surface area contributed by atoms with E-state index in [9.17, 15) is 10.2 Å². The van der Waals surface area contributed by atoms with Crippen molar-refractivity contribution in [3.05, 3.63) is 83.9 Å². The lowest BCUT2D eigenvalue weighted by Gasteiger charge is -2.30. The number of rotatable bonds is 0. The summed E-state index contributed by atoms with van der Waals surface area (Å²) in [6.07, 6.45) is -1.83. The molecule has 2 heteroatoms. The quantitative estimate of drug-likeness (QED) is 0.460. The number of hydrogen-bond acceptors (Lipinski definition) is 2. The lowest BCUT2D eigenvalue weighted by atomic mass is 9.79. The number of fused-ring (bicyclic) bond motifs is 7. The van der Waals surface area contributed by atoms with Gasteiger partial charge in [-0.05, 0) is 43.8 Å². The summed E-state index contributed by atoms with van der Waals surface area (Å²) >= 11 is 0. The molecule has 0 heterocycles. The molecule has 0 radical (unpaired) electrons. The monoisotopic (exact) mass is 312 g/mol. The van der Waals surface area contributed by atoms with Crippen LogP contribution in [0.3, 0.4) is 0 Å². The summed E-state index contributed by atoms with van der Waals surface area (Å²) in [4.78, 5) is 0. The smallest absolute Gasteiger partial charge is 0.110 e. The first-order chi connectivity index (χ1) is 11.8. The average Bonchev–Trinajstić information content (AvgIpc) is 2.65. The van der Waals surface area contributed by atoms with Crippen molar-refractivity contribution in [2.45, 2.75) is 12.2 Å². The van der Waals surface area contributed by atoms with E-state index in [1.165, 1.54) is 0 Å². The minimum Gasteiger partial charge on any atom is -0.385 e. The molecule has 2 atom stereocenters. The van der Waals surface area contributed by atoms with Gasteiger partial charge in [0.05, 0.1) is 0 Å². The Labute approximate surface area is 139 Å². The molecule has 0 unspecified atom stereocenters. The first-order valence-corrected chi connectivity index (χ1v) is 8.15. The van der Waals surface area contributed by atoms with Gasteiger partial charge in [0.25, 0.3) is 0 Å². The van der Waals surface area contributed by atoms with E-state index in [-0.39, 0.29) is 0 Å². The van der Waals surface area contributed by atoms with E-state index in [0.29, 0.717) is 0 Å². The molecule has 0 saturated heterocycles. The normalized spacial score (nSPS) is 19.2. The Bertz CT molecular complexity index is 1100. The Morgan fingerprint density at radius 1 is 0.583 bits per heavy atom. The van der Waals surface area contributed by atoms with E-state index in [2.05, 4.69) is 36.4 Å². The summed E-state index contributed by atoms with van der Waals surface area (Å²) < 4.78 is 0. The van der Waals surface area contributed by atoms with Crippen molar-refractivity contribution < 1.29 is 10.2 Å². The largest absolute Gasteiger partial charge is 0.385 e. The highest BCUT2D eigenvalue weighted by Crippen LogP contribution is 2.48. The minimum absolute atomic E-state index is 0.789. The van der Waals surface area contributed by atoms with E-state index in [1.54, 1.807) is 0 Å². The Morgan fingerprint density at radius 2 is 1.29 bits per heavy atom. The molecule has 1 aliphatic rings. The van der Waals surface area contributed by atoms with Gasteiger partial charge in [0, 0.05) is 0 Å². The number of benzene rings is 4. The molecule has 0 amide bonds. The maximum Gasteiger partial charge on any atom is 0.110 e. The molecule has 2 N–H and O–H groups in total. The molecule has 2 nitrogen and oxygen atoms in total. The van der Waals surface area contributed by atoms with Crippen LogP contribution in [0.2, 0.25) is 0 Å². The second-order valence-electron chi connectivity index (χ2n) is 6.39. The molecule has 24 heavy (non-hydrogen) atoms. The van der Waals surface area contributed by atoms with Crippen molar-refractivity contribution in [3.8, 4) is 11.1 Å². The fourth-order valence-corrected chi connectivity index (χ4v) is 4.00. The highest BCUT2D eigenvalue weighted by molar-refractivity contribution is 6.11. The van der Waals surface area contributed by atoms with Crippen LogP contribution >= 0.6 is 0 Å². The highest BCUT2D eigenvalue weighted by atomic mass is 16.3. The zero-order valence-electron chi connectivity index (χ0n) is 13.0. The highest BCUT2D eigenvalue weighted by Gasteiger charge is 2.32. The van der Waals surface area contributed by atoms with Gasteiger partial charge < -0.3 is 10.2 Å². The second-order valence-corrected chi connectivity index (χ2v) is 6.39. The third-order valence-electron chi connectivity index (χ3n) is 5.11. The van der Waals surface area contributed by atoms with Gasteiger partial charge in [-0.15, -0.1) is 0 Å². The van der Waals surface area contributed by atoms with Gasteiger partial charge in [-0.1, -0.05) is 72.8 Å². The van der Waals surface area contributed by atoms with Crippen molar-refractivity contribution >= 4 is 21.5 Å². The van der Waals surface area contributed by atoms with Crippen molar-refractivity contribution in [1.82, 2.24) is 0 Å². The first-order valence-electron chi connectivity index (χ1n) is 8.15. The van der Waals surface area contributed by atoms with E-state index in [1.807, 2.05) is 36.4 Å². The van der Waals surface area contributed by atoms with E-state index in [0.717, 1.165) is 43.8 Å². The third-order valence-corrected chi connectivity index (χ3v) is 5.11. The Morgan fingerprint density at radius 3 is 2.21 bits per heavy atom. The molecule has 0 spiro atoms. The summed E-state index contributed by atoms with van der Waals surface area (Å²) in [5, 5.41) is 25.9. The van der Waals surface area contributed by atoms with Crippen molar-refractivity contribution in [2.24, 2.45) is 0 Å². The van der Waals surface area contributed by atoms with E-state index in [4.69, 9.17) is 0 Å². The van der Waals surface area contributed by atoms with E-state index >= 15 is 0 Å². The average molecular weight is 312 g/mol. The van der Waals surface area contributed by atoms with Crippen molar-refractivity contribution in [1.29, 1.82) is 0 Å². The molecule has 0 fully saturated rings. The lowest BCUT2D eigenvalue weighted by molar-refractivity contribution is 0.0167. The van der Waals surface area contributed by atoms with Crippen LogP contribution in [0, 0.1) is 0 Å². The molecule has 116 valence electrons. The van der Waals surface area contributed by atoms with Gasteiger partial charge in [0.1, 0.15) is 12.2 Å². The fraction of sp³-hybridized carbons (Fsp3) is 0.0909. The van der Waals surface area contributed by atoms with Gasteiger partial charge in [-0.3, -0.25) is 0 Å². The second kappa shape index (κ2) is 4.91. The third kappa shape index (κ3) is 1.72. The minimum atomic E-state index is -0.926. The van der Waals surface area contributed by atoms with Crippen LogP contribution in [0.1, 0.15) is 23.3 Å². The maximum absolute atomic E-state index is 10.9. The molecular weight excluding hydrogens is 296 g/mol. The molecule has 0 aliphatic heterocycles. The fourth-order valence-electron chi connectivity index (χ4n) is 4.00. The van der Waals surface area contributed by atoms with Gasteiger partial charge in [0.15, 0.2) is 0 Å². The van der Waals surface area contributed by atoms with Crippen LogP contribution in [0.25, 0.3) is 32.7 Å². The van der Waals surface area contributed by atoms with Gasteiger partial charge >= 0.3 is 0 Å². The summed E-state index contributed by atoms with van der Waals surface area (Å²) in [5.41, 5.74) is 3.62. The summed E-state index contributed by atoms with van der Waals surface area (Å²) in [7, 11) is 0. The summed E-state index contributed by atoms with van der Waals surface area (Å²) in [6.45, 7) is 0. The Balaban J connectivity index is 1.99. The summed E-state index contributed by atoms with van der Waals surface area (Å²) in [5.74, 6) is 0. The lowest BCUT2D eigenvalue weighted by Crippen LogP contribution is -2.17. The molecule has 0 aromatic heterocycles. The molecular formula is C22H16O2. The van der Waals surface area contributed by atoms with Crippen LogP contribution in [-0.4, -0.2) is 10.2 Å². The van der Waals surface area contributed by atoms with E-state index < -0.39 is 12.2 Å². The zero-order chi connectivity index (χ0) is 16.3. The van der Waals surface area contributed by atoms with Crippen molar-refractivity contribution in [2.75, 3.05) is 0 Å². The first kappa shape index (κ1) is 13.7. The van der Waals surface area contributed by atoms with Gasteiger partial charge in [-0.2, -0.15) is 0 Å². The van der Waals surface area contributed by atoms with Crippen LogP contribution in [-0.2, 0) is 0 Å². The molecule has 0 bridgehead atoms. The molecule has 4 aromatic rings. The molecule has 1 aliphatic carbocycles. The summed E-state index contributed by atoms with van der Waals surface area (Å²) in [6, 6.07) is 24.3. The maximum atomic E-state index is 10.9. The predicted octanol–water partition coefficient (Wildman–Crippen LogP) is 4.74. The Kier molecular flexibility index (Phi) is 2.81.